The third kappa shape index (κ3) is 4.84. The second-order valence-corrected chi connectivity index (χ2v) is 6.04. The Labute approximate surface area is 167 Å². The first kappa shape index (κ1) is 17.9. The third-order valence-electron chi connectivity index (χ3n) is 3.93. The number of nitrogens with one attached hydrogen (secondary N) is 2. The average molecular weight is 380 g/mol. The normalized spacial score (nSPS) is 10.0. The van der Waals surface area contributed by atoms with Gasteiger partial charge in [-0.25, -0.2) is 0 Å². The number of anilines is 4. The quantitative estimate of drug-likeness (QED) is 0.485. The lowest BCUT2D eigenvalue weighted by Crippen LogP contribution is -2.02. The van der Waals surface area contributed by atoms with E-state index in [1.54, 1.807) is 24.3 Å². The van der Waals surface area contributed by atoms with Crippen LogP contribution in [-0.4, -0.2) is 15.2 Å². The van der Waals surface area contributed by atoms with Crippen molar-refractivity contribution in [3.05, 3.63) is 90.6 Å². The maximum atomic E-state index is 8.87. The Balaban J connectivity index is 1.41. The second-order valence-electron chi connectivity index (χ2n) is 6.04. The van der Waals surface area contributed by atoms with Crippen LogP contribution in [0.4, 0.5) is 23.1 Å². The van der Waals surface area contributed by atoms with Crippen molar-refractivity contribution in [2.45, 2.75) is 0 Å². The summed E-state index contributed by atoms with van der Waals surface area (Å²) < 4.78 is 5.78. The Morgan fingerprint density at radius 2 is 1.41 bits per heavy atom. The van der Waals surface area contributed by atoms with E-state index >= 15 is 0 Å². The van der Waals surface area contributed by atoms with Crippen LogP contribution >= 0.6 is 0 Å². The number of nitrogens with zero attached hydrogens (tertiary/aromatic N) is 4. The van der Waals surface area contributed by atoms with E-state index in [2.05, 4.69) is 31.9 Å². The molecule has 0 bridgehead atoms. The first-order chi connectivity index (χ1) is 14.3. The highest BCUT2D eigenvalue weighted by Gasteiger charge is 2.03. The van der Waals surface area contributed by atoms with E-state index in [0.717, 1.165) is 22.9 Å². The predicted octanol–water partition coefficient (Wildman–Crippen LogP) is 5.02. The van der Waals surface area contributed by atoms with E-state index < -0.39 is 0 Å². The Kier molecular flexibility index (Phi) is 5.26. The van der Waals surface area contributed by atoms with Gasteiger partial charge in [-0.3, -0.25) is 0 Å². The molecule has 0 atom stereocenters. The average Bonchev–Trinajstić information content (AvgIpc) is 2.77. The molecule has 0 radical (unpaired) electrons. The molecule has 140 valence electrons. The molecule has 3 aromatic carbocycles. The molecule has 0 aliphatic carbocycles. The number of hydrogen-bond acceptors (Lipinski definition) is 7. The Morgan fingerprint density at radius 3 is 2.14 bits per heavy atom. The summed E-state index contributed by atoms with van der Waals surface area (Å²) in [6, 6.07) is 26.2. The van der Waals surface area contributed by atoms with E-state index in [1.807, 2.05) is 54.6 Å². The number of rotatable bonds is 6. The van der Waals surface area contributed by atoms with Gasteiger partial charge in [0, 0.05) is 11.4 Å². The minimum atomic E-state index is 0.361. The summed E-state index contributed by atoms with van der Waals surface area (Å²) in [5.74, 6) is 2.41. The fourth-order valence-electron chi connectivity index (χ4n) is 2.55. The van der Waals surface area contributed by atoms with E-state index in [9.17, 15) is 0 Å². The fourth-order valence-corrected chi connectivity index (χ4v) is 2.55. The predicted molar refractivity (Wildman–Crippen MR) is 111 cm³/mol. The molecular formula is C22H16N6O. The molecule has 2 N–H and O–H groups in total. The zero-order chi connectivity index (χ0) is 19.9. The van der Waals surface area contributed by atoms with Crippen LogP contribution in [0.25, 0.3) is 0 Å². The van der Waals surface area contributed by atoms with Gasteiger partial charge in [0.2, 0.25) is 5.95 Å². The molecule has 29 heavy (non-hydrogen) atoms. The molecule has 7 nitrogen and oxygen atoms in total. The van der Waals surface area contributed by atoms with Crippen LogP contribution in [0, 0.1) is 11.3 Å². The monoisotopic (exact) mass is 380 g/mol. The molecule has 0 unspecified atom stereocenters. The molecule has 0 saturated heterocycles. The van der Waals surface area contributed by atoms with E-state index in [4.69, 9.17) is 10.00 Å². The standard InChI is InChI=1S/C22H16N6O/c23-14-16-6-8-17(9-7-16)25-21-15-24-28-22(27-21)26-18-10-12-20(13-11-18)29-19-4-2-1-3-5-19/h1-13,15H,(H2,25,26,27,28). The molecule has 0 amide bonds. The van der Waals surface area contributed by atoms with Crippen LogP contribution in [0.3, 0.4) is 0 Å². The molecule has 7 heteroatoms. The summed E-state index contributed by atoms with van der Waals surface area (Å²) in [4.78, 5) is 4.40. The van der Waals surface area contributed by atoms with Crippen molar-refractivity contribution in [3.8, 4) is 17.6 Å². The summed E-state index contributed by atoms with van der Waals surface area (Å²) in [5.41, 5.74) is 2.21. The smallest absolute Gasteiger partial charge is 0.249 e. The molecule has 0 saturated carbocycles. The lowest BCUT2D eigenvalue weighted by molar-refractivity contribution is 0.483. The number of ether oxygens (including phenoxy) is 1. The van der Waals surface area contributed by atoms with Crippen molar-refractivity contribution in [1.29, 1.82) is 5.26 Å². The van der Waals surface area contributed by atoms with E-state index in [1.165, 1.54) is 6.20 Å². The number of benzene rings is 3. The third-order valence-corrected chi connectivity index (χ3v) is 3.93. The van der Waals surface area contributed by atoms with Gasteiger partial charge in [-0.2, -0.15) is 15.3 Å². The SMILES string of the molecule is N#Cc1ccc(Nc2cnnc(Nc3ccc(Oc4ccccc4)cc3)n2)cc1. The molecule has 1 heterocycles. The summed E-state index contributed by atoms with van der Waals surface area (Å²) in [6.07, 6.45) is 1.53. The number of hydrogen-bond donors (Lipinski definition) is 2. The first-order valence-electron chi connectivity index (χ1n) is 8.85. The van der Waals surface area contributed by atoms with Gasteiger partial charge in [-0.1, -0.05) is 18.2 Å². The van der Waals surface area contributed by atoms with E-state index in [-0.39, 0.29) is 0 Å². The molecular weight excluding hydrogens is 364 g/mol. The van der Waals surface area contributed by atoms with Crippen LogP contribution in [0.15, 0.2) is 85.1 Å². The highest BCUT2D eigenvalue weighted by Crippen LogP contribution is 2.24. The second kappa shape index (κ2) is 8.50. The van der Waals surface area contributed by atoms with Gasteiger partial charge in [0.25, 0.3) is 0 Å². The lowest BCUT2D eigenvalue weighted by Gasteiger charge is -2.09. The lowest BCUT2D eigenvalue weighted by atomic mass is 10.2. The minimum absolute atomic E-state index is 0.361. The largest absolute Gasteiger partial charge is 0.457 e. The summed E-state index contributed by atoms with van der Waals surface area (Å²) in [5, 5.41) is 23.1. The molecule has 4 aromatic rings. The molecule has 0 fully saturated rings. The molecule has 0 aliphatic heterocycles. The number of para-hydroxylation sites is 1. The summed E-state index contributed by atoms with van der Waals surface area (Å²) in [7, 11) is 0. The van der Waals surface area contributed by atoms with Crippen molar-refractivity contribution in [2.75, 3.05) is 10.6 Å². The van der Waals surface area contributed by atoms with Crippen molar-refractivity contribution in [1.82, 2.24) is 15.2 Å². The Hall–Kier alpha value is -4.44. The van der Waals surface area contributed by atoms with Gasteiger partial charge in [0.15, 0.2) is 5.82 Å². The van der Waals surface area contributed by atoms with Gasteiger partial charge in [0.05, 0.1) is 17.8 Å². The number of aromatic nitrogens is 3. The molecule has 4 rings (SSSR count). The highest BCUT2D eigenvalue weighted by molar-refractivity contribution is 5.59. The molecule has 1 aromatic heterocycles. The zero-order valence-corrected chi connectivity index (χ0v) is 15.3. The van der Waals surface area contributed by atoms with Crippen LogP contribution in [0.5, 0.6) is 11.5 Å². The maximum Gasteiger partial charge on any atom is 0.249 e. The van der Waals surface area contributed by atoms with Crippen molar-refractivity contribution >= 4 is 23.1 Å². The van der Waals surface area contributed by atoms with Crippen LogP contribution in [-0.2, 0) is 0 Å². The van der Waals surface area contributed by atoms with Crippen LogP contribution in [0.1, 0.15) is 5.56 Å². The molecule has 0 aliphatic rings. The first-order valence-corrected chi connectivity index (χ1v) is 8.85. The van der Waals surface area contributed by atoms with Gasteiger partial charge in [-0.05, 0) is 60.7 Å². The van der Waals surface area contributed by atoms with Crippen LogP contribution < -0.4 is 15.4 Å². The Bertz CT molecular complexity index is 1120. The van der Waals surface area contributed by atoms with Crippen molar-refractivity contribution < 1.29 is 4.74 Å². The van der Waals surface area contributed by atoms with E-state index in [0.29, 0.717) is 17.3 Å². The fraction of sp³-hybridized carbons (Fsp3) is 0. The molecule has 0 spiro atoms. The van der Waals surface area contributed by atoms with Gasteiger partial charge in [0.1, 0.15) is 11.5 Å². The summed E-state index contributed by atoms with van der Waals surface area (Å²) >= 11 is 0. The van der Waals surface area contributed by atoms with Gasteiger partial charge in [-0.15, -0.1) is 5.10 Å². The highest BCUT2D eigenvalue weighted by atomic mass is 16.5. The Morgan fingerprint density at radius 1 is 0.759 bits per heavy atom. The topological polar surface area (TPSA) is 95.8 Å². The number of nitriles is 1. The summed E-state index contributed by atoms with van der Waals surface area (Å²) in [6.45, 7) is 0. The zero-order valence-electron chi connectivity index (χ0n) is 15.3. The minimum Gasteiger partial charge on any atom is -0.457 e. The van der Waals surface area contributed by atoms with Crippen LogP contribution in [0.2, 0.25) is 0 Å². The van der Waals surface area contributed by atoms with Crippen molar-refractivity contribution in [3.63, 3.8) is 0 Å². The van der Waals surface area contributed by atoms with Gasteiger partial charge < -0.3 is 15.4 Å². The van der Waals surface area contributed by atoms with Crippen molar-refractivity contribution in [2.24, 2.45) is 0 Å². The van der Waals surface area contributed by atoms with Gasteiger partial charge >= 0.3 is 0 Å². The maximum absolute atomic E-state index is 8.87.